The first-order valence-corrected chi connectivity index (χ1v) is 8.00. The molecule has 0 aliphatic carbocycles. The van der Waals surface area contributed by atoms with Gasteiger partial charge >= 0.3 is 0 Å². The largest absolute Gasteiger partial charge is 0.383 e. The van der Waals surface area contributed by atoms with Crippen LogP contribution in [0.25, 0.3) is 28.1 Å². The zero-order valence-electron chi connectivity index (χ0n) is 12.7. The lowest BCUT2D eigenvalue weighted by Gasteiger charge is -2.11. The highest BCUT2D eigenvalue weighted by atomic mass is 35.5. The quantitative estimate of drug-likeness (QED) is 0.578. The van der Waals surface area contributed by atoms with Crippen LogP contribution in [0.5, 0.6) is 0 Å². The Morgan fingerprint density at radius 2 is 1.88 bits per heavy atom. The molecule has 24 heavy (non-hydrogen) atoms. The molecule has 0 fully saturated rings. The Kier molecular flexibility index (Phi) is 3.63. The molecule has 0 unspecified atom stereocenters. The van der Waals surface area contributed by atoms with Crippen molar-refractivity contribution >= 4 is 28.5 Å². The van der Waals surface area contributed by atoms with Crippen molar-refractivity contribution in [3.63, 3.8) is 0 Å². The first-order valence-electron chi connectivity index (χ1n) is 7.46. The molecule has 3 heterocycles. The Balaban J connectivity index is 2.01. The number of imidazole rings is 1. The van der Waals surface area contributed by atoms with E-state index in [1.165, 1.54) is 0 Å². The molecule has 0 spiro atoms. The van der Waals surface area contributed by atoms with Crippen molar-refractivity contribution in [2.75, 3.05) is 5.73 Å². The van der Waals surface area contributed by atoms with E-state index in [4.69, 9.17) is 22.3 Å². The SMILES string of the molecule is Nc1ncccc1-c1nc2cnccc2n1-c1ccc(CCl)cc1. The summed E-state index contributed by atoms with van der Waals surface area (Å²) >= 11 is 5.89. The fourth-order valence-electron chi connectivity index (χ4n) is 2.71. The first kappa shape index (κ1) is 14.7. The smallest absolute Gasteiger partial charge is 0.149 e. The summed E-state index contributed by atoms with van der Waals surface area (Å²) in [7, 11) is 0. The van der Waals surface area contributed by atoms with Gasteiger partial charge in [-0.3, -0.25) is 9.55 Å². The minimum atomic E-state index is 0.444. The summed E-state index contributed by atoms with van der Waals surface area (Å²) in [5.74, 6) is 1.67. The first-order chi connectivity index (χ1) is 11.8. The van der Waals surface area contributed by atoms with Gasteiger partial charge in [0.25, 0.3) is 0 Å². The van der Waals surface area contributed by atoms with E-state index in [0.29, 0.717) is 11.7 Å². The molecule has 0 saturated carbocycles. The second kappa shape index (κ2) is 5.94. The molecule has 4 aromatic rings. The fourth-order valence-corrected chi connectivity index (χ4v) is 2.89. The van der Waals surface area contributed by atoms with E-state index in [0.717, 1.165) is 33.7 Å². The fraction of sp³-hybridized carbons (Fsp3) is 0.0556. The third-order valence-electron chi connectivity index (χ3n) is 3.89. The summed E-state index contributed by atoms with van der Waals surface area (Å²) in [5.41, 5.74) is 10.7. The lowest BCUT2D eigenvalue weighted by molar-refractivity contribution is 1.09. The molecule has 4 rings (SSSR count). The van der Waals surface area contributed by atoms with E-state index >= 15 is 0 Å². The highest BCUT2D eigenvalue weighted by Crippen LogP contribution is 2.30. The van der Waals surface area contributed by atoms with Crippen molar-refractivity contribution in [3.8, 4) is 17.1 Å². The van der Waals surface area contributed by atoms with Crippen LogP contribution >= 0.6 is 11.6 Å². The molecular formula is C18H14ClN5. The van der Waals surface area contributed by atoms with E-state index in [2.05, 4.69) is 14.5 Å². The van der Waals surface area contributed by atoms with Crippen LogP contribution in [0.3, 0.4) is 0 Å². The van der Waals surface area contributed by atoms with E-state index in [1.807, 2.05) is 42.5 Å². The van der Waals surface area contributed by atoms with Crippen molar-refractivity contribution in [1.82, 2.24) is 19.5 Å². The number of pyridine rings is 2. The Bertz CT molecular complexity index is 1010. The predicted molar refractivity (Wildman–Crippen MR) is 96.1 cm³/mol. The minimum Gasteiger partial charge on any atom is -0.383 e. The number of hydrogen-bond donors (Lipinski definition) is 1. The number of halogens is 1. The molecule has 6 heteroatoms. The summed E-state index contributed by atoms with van der Waals surface area (Å²) in [6.07, 6.45) is 5.17. The summed E-state index contributed by atoms with van der Waals surface area (Å²) in [6.45, 7) is 0. The molecule has 5 nitrogen and oxygen atoms in total. The van der Waals surface area contributed by atoms with Crippen LogP contribution in [-0.4, -0.2) is 19.5 Å². The zero-order chi connectivity index (χ0) is 16.5. The van der Waals surface area contributed by atoms with Gasteiger partial charge in [0, 0.05) is 24.0 Å². The van der Waals surface area contributed by atoms with Gasteiger partial charge in [-0.15, -0.1) is 11.6 Å². The Morgan fingerprint density at radius 1 is 1.04 bits per heavy atom. The van der Waals surface area contributed by atoms with Gasteiger partial charge in [-0.1, -0.05) is 12.1 Å². The maximum atomic E-state index is 6.07. The van der Waals surface area contributed by atoms with Gasteiger partial charge in [0.2, 0.25) is 0 Å². The van der Waals surface area contributed by atoms with Crippen LogP contribution in [0.4, 0.5) is 5.82 Å². The van der Waals surface area contributed by atoms with Crippen molar-refractivity contribution < 1.29 is 0 Å². The number of fused-ring (bicyclic) bond motifs is 1. The second-order valence-corrected chi connectivity index (χ2v) is 5.64. The average molecular weight is 336 g/mol. The maximum Gasteiger partial charge on any atom is 0.149 e. The number of rotatable bonds is 3. The number of benzene rings is 1. The zero-order valence-corrected chi connectivity index (χ0v) is 13.5. The lowest BCUT2D eigenvalue weighted by Crippen LogP contribution is -2.01. The van der Waals surface area contributed by atoms with Crippen molar-refractivity contribution in [2.24, 2.45) is 0 Å². The molecule has 0 aliphatic rings. The molecule has 0 aliphatic heterocycles. The van der Waals surface area contributed by atoms with Gasteiger partial charge in [0.15, 0.2) is 0 Å². The number of aromatic nitrogens is 4. The number of nitrogens with two attached hydrogens (primary N) is 1. The van der Waals surface area contributed by atoms with Gasteiger partial charge in [0.1, 0.15) is 17.2 Å². The summed E-state index contributed by atoms with van der Waals surface area (Å²) in [5, 5.41) is 0. The van der Waals surface area contributed by atoms with Crippen LogP contribution in [-0.2, 0) is 5.88 Å². The molecule has 2 N–H and O–H groups in total. The van der Waals surface area contributed by atoms with Gasteiger partial charge in [-0.2, -0.15) is 0 Å². The molecule has 118 valence electrons. The number of nitrogen functional groups attached to an aromatic ring is 1. The highest BCUT2D eigenvalue weighted by molar-refractivity contribution is 6.17. The molecule has 1 aromatic carbocycles. The van der Waals surface area contributed by atoms with E-state index in [9.17, 15) is 0 Å². The Labute approximate surface area is 143 Å². The van der Waals surface area contributed by atoms with Crippen LogP contribution in [0.15, 0.2) is 61.1 Å². The number of nitrogens with zero attached hydrogens (tertiary/aromatic N) is 4. The summed E-state index contributed by atoms with van der Waals surface area (Å²) in [4.78, 5) is 13.1. The maximum absolute atomic E-state index is 6.07. The van der Waals surface area contributed by atoms with Crippen molar-refractivity contribution in [3.05, 3.63) is 66.6 Å². The van der Waals surface area contributed by atoms with Gasteiger partial charge in [-0.25, -0.2) is 9.97 Å². The minimum absolute atomic E-state index is 0.444. The molecule has 0 amide bonds. The van der Waals surface area contributed by atoms with E-state index in [1.54, 1.807) is 18.6 Å². The van der Waals surface area contributed by atoms with Crippen molar-refractivity contribution in [1.29, 1.82) is 0 Å². The second-order valence-electron chi connectivity index (χ2n) is 5.37. The number of alkyl halides is 1. The Hall–Kier alpha value is -2.92. The molecule has 0 radical (unpaired) electrons. The van der Waals surface area contributed by atoms with Gasteiger partial charge < -0.3 is 5.73 Å². The average Bonchev–Trinajstić information content (AvgIpc) is 3.01. The molecule has 0 atom stereocenters. The highest BCUT2D eigenvalue weighted by Gasteiger charge is 2.16. The topological polar surface area (TPSA) is 69.6 Å². The van der Waals surface area contributed by atoms with E-state index < -0.39 is 0 Å². The molecule has 3 aromatic heterocycles. The van der Waals surface area contributed by atoms with Crippen LogP contribution in [0, 0.1) is 0 Å². The van der Waals surface area contributed by atoms with E-state index in [-0.39, 0.29) is 0 Å². The normalized spacial score (nSPS) is 11.0. The summed E-state index contributed by atoms with van der Waals surface area (Å²) < 4.78 is 2.06. The van der Waals surface area contributed by atoms with Gasteiger partial charge in [-0.05, 0) is 35.9 Å². The lowest BCUT2D eigenvalue weighted by atomic mass is 10.2. The Morgan fingerprint density at radius 3 is 2.62 bits per heavy atom. The van der Waals surface area contributed by atoms with Crippen LogP contribution in [0.2, 0.25) is 0 Å². The van der Waals surface area contributed by atoms with Crippen LogP contribution in [0.1, 0.15) is 5.56 Å². The number of anilines is 1. The summed E-state index contributed by atoms with van der Waals surface area (Å²) in [6, 6.07) is 13.8. The monoisotopic (exact) mass is 335 g/mol. The molecule has 0 saturated heterocycles. The third-order valence-corrected chi connectivity index (χ3v) is 4.19. The number of hydrogen-bond acceptors (Lipinski definition) is 4. The predicted octanol–water partition coefficient (Wildman–Crippen LogP) is 3.80. The third kappa shape index (κ3) is 2.39. The van der Waals surface area contributed by atoms with Crippen LogP contribution < -0.4 is 5.73 Å². The van der Waals surface area contributed by atoms with Crippen molar-refractivity contribution in [2.45, 2.75) is 5.88 Å². The molecular weight excluding hydrogens is 322 g/mol. The van der Waals surface area contributed by atoms with Gasteiger partial charge in [0.05, 0.1) is 17.3 Å². The molecule has 0 bridgehead atoms. The standard InChI is InChI=1S/C18H14ClN5/c19-10-12-3-5-13(6-4-12)24-16-7-9-21-11-15(16)23-18(24)14-2-1-8-22-17(14)20/h1-9,11H,10H2,(H2,20,22).